The van der Waals surface area contributed by atoms with E-state index >= 15 is 0 Å². The van der Waals surface area contributed by atoms with Gasteiger partial charge in [-0.1, -0.05) is 109 Å². The average Bonchev–Trinajstić information content (AvgIpc) is 2.67. The highest BCUT2D eigenvalue weighted by Gasteiger charge is 2.28. The van der Waals surface area contributed by atoms with E-state index in [1.807, 2.05) is 30.3 Å². The first-order valence-electron chi connectivity index (χ1n) is 11.7. The van der Waals surface area contributed by atoms with Crippen LogP contribution in [0.25, 0.3) is 0 Å². The summed E-state index contributed by atoms with van der Waals surface area (Å²) in [6.45, 7) is 4.51. The smallest absolute Gasteiger partial charge is 0.208 e. The largest absolute Gasteiger partial charge is 0.463 e. The Labute approximate surface area is 168 Å². The molecule has 0 heterocycles. The van der Waals surface area contributed by atoms with E-state index in [2.05, 4.69) is 13.8 Å². The Kier molecular flexibility index (Phi) is 14.2. The standard InChI is InChI=1S/C25H44O2/c1-3-5-7-9-11-13-18-22-25(26,27-24-20-16-15-17-21-24)23-19-14-12-10-8-6-4-2/h15-17,20-21,26H,3-14,18-19,22-23H2,1-2H3. The first-order valence-corrected chi connectivity index (χ1v) is 11.7. The van der Waals surface area contributed by atoms with Gasteiger partial charge in [0.05, 0.1) is 0 Å². The van der Waals surface area contributed by atoms with E-state index in [1.54, 1.807) is 0 Å². The lowest BCUT2D eigenvalue weighted by Gasteiger charge is -2.29. The van der Waals surface area contributed by atoms with Crippen molar-refractivity contribution in [1.82, 2.24) is 0 Å². The molecule has 0 saturated carbocycles. The second-order valence-electron chi connectivity index (χ2n) is 8.10. The summed E-state index contributed by atoms with van der Waals surface area (Å²) in [5.74, 6) is -0.223. The van der Waals surface area contributed by atoms with E-state index < -0.39 is 5.79 Å². The molecule has 0 atom stereocenters. The molecule has 0 aliphatic rings. The van der Waals surface area contributed by atoms with Crippen LogP contribution in [0.3, 0.4) is 0 Å². The van der Waals surface area contributed by atoms with Crippen molar-refractivity contribution in [2.75, 3.05) is 0 Å². The predicted molar refractivity (Wildman–Crippen MR) is 117 cm³/mol. The van der Waals surface area contributed by atoms with Crippen LogP contribution in [0.4, 0.5) is 0 Å². The van der Waals surface area contributed by atoms with E-state index in [-0.39, 0.29) is 0 Å². The predicted octanol–water partition coefficient (Wildman–Crippen LogP) is 8.04. The van der Waals surface area contributed by atoms with Crippen molar-refractivity contribution in [1.29, 1.82) is 0 Å². The zero-order valence-electron chi connectivity index (χ0n) is 18.1. The molecule has 0 amide bonds. The Hall–Kier alpha value is -1.02. The van der Waals surface area contributed by atoms with Crippen molar-refractivity contribution in [3.05, 3.63) is 30.3 Å². The summed E-state index contributed by atoms with van der Waals surface area (Å²) >= 11 is 0. The molecule has 0 aliphatic heterocycles. The minimum absolute atomic E-state index is 0.742. The molecule has 1 N–H and O–H groups in total. The highest BCUT2D eigenvalue weighted by molar-refractivity contribution is 5.21. The van der Waals surface area contributed by atoms with Crippen molar-refractivity contribution in [2.45, 2.75) is 122 Å². The Morgan fingerprint density at radius 3 is 1.48 bits per heavy atom. The summed E-state index contributed by atoms with van der Waals surface area (Å²) in [4.78, 5) is 0. The Balaban J connectivity index is 2.34. The molecule has 1 aromatic carbocycles. The number of aliphatic hydroxyl groups is 1. The van der Waals surface area contributed by atoms with Crippen LogP contribution < -0.4 is 4.74 Å². The Morgan fingerprint density at radius 1 is 0.630 bits per heavy atom. The van der Waals surface area contributed by atoms with Crippen molar-refractivity contribution < 1.29 is 9.84 Å². The number of hydrogen-bond donors (Lipinski definition) is 1. The van der Waals surface area contributed by atoms with Crippen LogP contribution in [-0.4, -0.2) is 10.9 Å². The van der Waals surface area contributed by atoms with E-state index in [4.69, 9.17) is 4.74 Å². The van der Waals surface area contributed by atoms with Crippen LogP contribution in [0.15, 0.2) is 30.3 Å². The van der Waals surface area contributed by atoms with Crippen molar-refractivity contribution in [2.24, 2.45) is 0 Å². The summed E-state index contributed by atoms with van der Waals surface area (Å²) in [5, 5.41) is 11.1. The van der Waals surface area contributed by atoms with Gasteiger partial charge < -0.3 is 9.84 Å². The maximum absolute atomic E-state index is 11.1. The quantitative estimate of drug-likeness (QED) is 0.207. The Bertz CT molecular complexity index is 411. The third kappa shape index (κ3) is 12.9. The normalized spacial score (nSPS) is 11.7. The highest BCUT2D eigenvalue weighted by atomic mass is 16.6. The molecular formula is C25H44O2. The van der Waals surface area contributed by atoms with E-state index in [9.17, 15) is 5.11 Å². The summed E-state index contributed by atoms with van der Waals surface area (Å²) < 4.78 is 6.05. The van der Waals surface area contributed by atoms with Gasteiger partial charge in [0.2, 0.25) is 5.79 Å². The molecule has 1 rings (SSSR count). The zero-order valence-corrected chi connectivity index (χ0v) is 18.1. The van der Waals surface area contributed by atoms with Crippen molar-refractivity contribution in [3.63, 3.8) is 0 Å². The molecule has 2 nitrogen and oxygen atoms in total. The molecule has 1 aromatic rings. The number of hydrogen-bond acceptors (Lipinski definition) is 2. The second-order valence-corrected chi connectivity index (χ2v) is 8.10. The van der Waals surface area contributed by atoms with Gasteiger partial charge in [0, 0.05) is 12.8 Å². The van der Waals surface area contributed by atoms with Crippen LogP contribution in [0.1, 0.15) is 117 Å². The number of ether oxygens (including phenoxy) is 1. The van der Waals surface area contributed by atoms with Gasteiger partial charge in [0.1, 0.15) is 5.75 Å². The topological polar surface area (TPSA) is 29.5 Å². The first-order chi connectivity index (χ1) is 13.2. The van der Waals surface area contributed by atoms with Gasteiger partial charge in [0.25, 0.3) is 0 Å². The minimum Gasteiger partial charge on any atom is -0.463 e. The first kappa shape index (κ1) is 24.0. The summed E-state index contributed by atoms with van der Waals surface area (Å²) in [6, 6.07) is 9.81. The van der Waals surface area contributed by atoms with Crippen LogP contribution in [0.2, 0.25) is 0 Å². The van der Waals surface area contributed by atoms with E-state index in [0.29, 0.717) is 0 Å². The molecule has 156 valence electrons. The molecule has 0 bridgehead atoms. The van der Waals surface area contributed by atoms with Gasteiger partial charge >= 0.3 is 0 Å². The van der Waals surface area contributed by atoms with E-state index in [1.165, 1.54) is 77.0 Å². The third-order valence-corrected chi connectivity index (χ3v) is 5.39. The summed E-state index contributed by atoms with van der Waals surface area (Å²) in [7, 11) is 0. The summed E-state index contributed by atoms with van der Waals surface area (Å²) in [5.41, 5.74) is 0. The minimum atomic E-state index is -1.01. The number of unbranched alkanes of at least 4 members (excludes halogenated alkanes) is 12. The van der Waals surface area contributed by atoms with Crippen LogP contribution in [0.5, 0.6) is 5.75 Å². The van der Waals surface area contributed by atoms with Gasteiger partial charge in [-0.3, -0.25) is 0 Å². The monoisotopic (exact) mass is 376 g/mol. The molecular weight excluding hydrogens is 332 g/mol. The highest BCUT2D eigenvalue weighted by Crippen LogP contribution is 2.27. The van der Waals surface area contributed by atoms with Crippen molar-refractivity contribution >= 4 is 0 Å². The molecule has 0 fully saturated rings. The molecule has 0 spiro atoms. The van der Waals surface area contributed by atoms with Gasteiger partial charge in [-0.15, -0.1) is 0 Å². The SMILES string of the molecule is CCCCCCCCCC(O)(CCCCCCCCC)Oc1ccccc1. The fourth-order valence-corrected chi connectivity index (χ4v) is 3.65. The fraction of sp³-hybridized carbons (Fsp3) is 0.760. The molecule has 0 unspecified atom stereocenters. The molecule has 0 aliphatic carbocycles. The molecule has 0 aromatic heterocycles. The van der Waals surface area contributed by atoms with Crippen LogP contribution in [0, 0.1) is 0 Å². The lowest BCUT2D eigenvalue weighted by atomic mass is 9.98. The lowest BCUT2D eigenvalue weighted by Crippen LogP contribution is -2.35. The van der Waals surface area contributed by atoms with Crippen molar-refractivity contribution in [3.8, 4) is 5.75 Å². The molecule has 0 saturated heterocycles. The molecule has 27 heavy (non-hydrogen) atoms. The molecule has 2 heteroatoms. The van der Waals surface area contributed by atoms with Gasteiger partial charge in [-0.25, -0.2) is 0 Å². The Morgan fingerprint density at radius 2 is 1.04 bits per heavy atom. The van der Waals surface area contributed by atoms with Gasteiger partial charge in [0.15, 0.2) is 0 Å². The lowest BCUT2D eigenvalue weighted by molar-refractivity contribution is -0.150. The number of rotatable bonds is 18. The fourth-order valence-electron chi connectivity index (χ4n) is 3.65. The zero-order chi connectivity index (χ0) is 19.6. The third-order valence-electron chi connectivity index (χ3n) is 5.39. The number of para-hydroxylation sites is 1. The number of benzene rings is 1. The van der Waals surface area contributed by atoms with Crippen LogP contribution in [-0.2, 0) is 0 Å². The maximum Gasteiger partial charge on any atom is 0.208 e. The van der Waals surface area contributed by atoms with Crippen LogP contribution >= 0.6 is 0 Å². The van der Waals surface area contributed by atoms with Gasteiger partial charge in [-0.05, 0) is 25.0 Å². The maximum atomic E-state index is 11.1. The average molecular weight is 377 g/mol. The second kappa shape index (κ2) is 16.0. The van der Waals surface area contributed by atoms with E-state index in [0.717, 1.165) is 31.4 Å². The van der Waals surface area contributed by atoms with Gasteiger partial charge in [-0.2, -0.15) is 0 Å². The summed E-state index contributed by atoms with van der Waals surface area (Å²) in [6.07, 6.45) is 19.1. The molecule has 0 radical (unpaired) electrons.